The van der Waals surface area contributed by atoms with Gasteiger partial charge in [-0.1, -0.05) is 43.5 Å². The van der Waals surface area contributed by atoms with Crippen molar-refractivity contribution in [2.24, 2.45) is 0 Å². The van der Waals surface area contributed by atoms with Gasteiger partial charge in [-0.25, -0.2) is 0 Å². The Kier molecular flexibility index (Phi) is 3.49. The fraction of sp³-hybridized carbons (Fsp3) is 0.353. The van der Waals surface area contributed by atoms with Crippen molar-refractivity contribution < 1.29 is 4.79 Å². The van der Waals surface area contributed by atoms with Crippen LogP contribution in [0, 0.1) is 0 Å². The van der Waals surface area contributed by atoms with Gasteiger partial charge in [0.2, 0.25) is 0 Å². The molecule has 98 valence electrons. The van der Waals surface area contributed by atoms with Crippen molar-refractivity contribution >= 4 is 6.29 Å². The summed E-state index contributed by atoms with van der Waals surface area (Å²) in [6, 6.07) is 10.7. The highest BCUT2D eigenvalue weighted by molar-refractivity contribution is 5.78. The fourth-order valence-corrected chi connectivity index (χ4v) is 3.02. The number of hydrogen-bond acceptors (Lipinski definition) is 1. The molecule has 2 aromatic rings. The average Bonchev–Trinajstić information content (AvgIpc) is 2.97. The summed E-state index contributed by atoms with van der Waals surface area (Å²) in [5.74, 6) is 0.747. The second-order valence-electron chi connectivity index (χ2n) is 5.42. The monoisotopic (exact) mass is 253 g/mol. The zero-order chi connectivity index (χ0) is 13.1. The van der Waals surface area contributed by atoms with E-state index in [2.05, 4.69) is 29.2 Å². The van der Waals surface area contributed by atoms with Crippen LogP contribution in [-0.2, 0) is 0 Å². The topological polar surface area (TPSA) is 32.9 Å². The highest BCUT2D eigenvalue weighted by Gasteiger charge is 2.15. The van der Waals surface area contributed by atoms with E-state index in [1.54, 1.807) is 6.20 Å². The molecule has 19 heavy (non-hydrogen) atoms. The molecule has 2 heteroatoms. The Morgan fingerprint density at radius 3 is 2.42 bits per heavy atom. The summed E-state index contributed by atoms with van der Waals surface area (Å²) in [5.41, 5.74) is 4.32. The molecule has 0 amide bonds. The Morgan fingerprint density at radius 1 is 1.05 bits per heavy atom. The first-order valence-electron chi connectivity index (χ1n) is 7.11. The highest BCUT2D eigenvalue weighted by atomic mass is 16.1. The largest absolute Gasteiger partial charge is 0.360 e. The number of rotatable bonds is 3. The van der Waals surface area contributed by atoms with Crippen LogP contribution in [0.1, 0.15) is 53.9 Å². The number of aldehydes is 1. The van der Waals surface area contributed by atoms with E-state index in [-0.39, 0.29) is 0 Å². The molecule has 0 atom stereocenters. The van der Waals surface area contributed by atoms with E-state index in [0.717, 1.165) is 23.5 Å². The molecule has 1 aromatic carbocycles. The molecule has 0 aliphatic heterocycles. The molecule has 1 aromatic heterocycles. The van der Waals surface area contributed by atoms with Crippen molar-refractivity contribution in [1.82, 2.24) is 4.98 Å². The Labute approximate surface area is 113 Å². The third-order valence-electron chi connectivity index (χ3n) is 4.14. The van der Waals surface area contributed by atoms with Crippen molar-refractivity contribution in [3.05, 3.63) is 47.7 Å². The summed E-state index contributed by atoms with van der Waals surface area (Å²) in [6.07, 6.45) is 9.41. The lowest BCUT2D eigenvalue weighted by Crippen LogP contribution is -2.04. The predicted octanol–water partition coefficient (Wildman–Crippen LogP) is 4.54. The first-order valence-corrected chi connectivity index (χ1v) is 7.11. The van der Waals surface area contributed by atoms with Gasteiger partial charge in [0.05, 0.1) is 0 Å². The van der Waals surface area contributed by atoms with Gasteiger partial charge in [0.1, 0.15) is 0 Å². The molecule has 0 spiro atoms. The van der Waals surface area contributed by atoms with Crippen LogP contribution < -0.4 is 0 Å². The van der Waals surface area contributed by atoms with Crippen LogP contribution in [-0.4, -0.2) is 11.3 Å². The number of hydrogen-bond donors (Lipinski definition) is 1. The van der Waals surface area contributed by atoms with Gasteiger partial charge < -0.3 is 4.98 Å². The van der Waals surface area contributed by atoms with Gasteiger partial charge in [0, 0.05) is 17.5 Å². The molecule has 3 rings (SSSR count). The smallest absolute Gasteiger partial charge is 0.151 e. The molecule has 1 N–H and O–H groups in total. The van der Waals surface area contributed by atoms with Crippen LogP contribution in [0.2, 0.25) is 0 Å². The van der Waals surface area contributed by atoms with Gasteiger partial charge in [-0.15, -0.1) is 0 Å². The molecule has 1 heterocycles. The number of H-pyrrole nitrogens is 1. The maximum atomic E-state index is 10.7. The Balaban J connectivity index is 1.79. The van der Waals surface area contributed by atoms with E-state index in [4.69, 9.17) is 0 Å². The van der Waals surface area contributed by atoms with Crippen LogP contribution in [0.5, 0.6) is 0 Å². The number of nitrogens with one attached hydrogen (secondary N) is 1. The second-order valence-corrected chi connectivity index (χ2v) is 5.42. The maximum Gasteiger partial charge on any atom is 0.151 e. The van der Waals surface area contributed by atoms with Gasteiger partial charge in [-0.3, -0.25) is 4.79 Å². The second kappa shape index (κ2) is 5.43. The first-order chi connectivity index (χ1) is 9.36. The van der Waals surface area contributed by atoms with Crippen LogP contribution in [0.3, 0.4) is 0 Å². The summed E-state index contributed by atoms with van der Waals surface area (Å²) >= 11 is 0. The number of carbonyl (C=O) groups excluding carboxylic acids is 1. The maximum absolute atomic E-state index is 10.7. The summed E-state index contributed by atoms with van der Waals surface area (Å²) in [4.78, 5) is 13.8. The third-order valence-corrected chi connectivity index (χ3v) is 4.14. The fourth-order valence-electron chi connectivity index (χ4n) is 3.02. The van der Waals surface area contributed by atoms with Gasteiger partial charge in [0.25, 0.3) is 0 Å². The quantitative estimate of drug-likeness (QED) is 0.800. The van der Waals surface area contributed by atoms with Gasteiger partial charge in [-0.05, 0) is 36.0 Å². The number of aromatic amines is 1. The van der Waals surface area contributed by atoms with Crippen molar-refractivity contribution in [2.75, 3.05) is 0 Å². The number of benzene rings is 1. The van der Waals surface area contributed by atoms with Crippen LogP contribution in [0.15, 0.2) is 36.5 Å². The van der Waals surface area contributed by atoms with Crippen LogP contribution >= 0.6 is 0 Å². The van der Waals surface area contributed by atoms with E-state index in [0.29, 0.717) is 5.56 Å². The lowest BCUT2D eigenvalue weighted by Gasteiger charge is -2.22. The summed E-state index contributed by atoms with van der Waals surface area (Å²) in [6.45, 7) is 0. The zero-order valence-corrected chi connectivity index (χ0v) is 11.1. The highest BCUT2D eigenvalue weighted by Crippen LogP contribution is 2.33. The van der Waals surface area contributed by atoms with E-state index >= 15 is 0 Å². The van der Waals surface area contributed by atoms with Crippen LogP contribution in [0.4, 0.5) is 0 Å². The molecule has 1 aliphatic rings. The van der Waals surface area contributed by atoms with Gasteiger partial charge >= 0.3 is 0 Å². The summed E-state index contributed by atoms with van der Waals surface area (Å²) < 4.78 is 0. The molecule has 0 radical (unpaired) electrons. The Bertz CT molecular complexity index is 547. The van der Waals surface area contributed by atoms with Crippen molar-refractivity contribution in [2.45, 2.75) is 38.0 Å². The first kappa shape index (κ1) is 12.2. The van der Waals surface area contributed by atoms with E-state index in [1.807, 2.05) is 6.07 Å². The minimum absolute atomic E-state index is 0.700. The minimum Gasteiger partial charge on any atom is -0.360 e. The molecule has 0 saturated heterocycles. The standard InChI is InChI=1S/C17H19NO/c19-12-13-10-17(18-11-13)16-8-6-15(7-9-16)14-4-2-1-3-5-14/h6-12,14,18H,1-5H2. The molecule has 0 bridgehead atoms. The SMILES string of the molecule is O=Cc1c[nH]c(-c2ccc(C3CCCCC3)cc2)c1. The Hall–Kier alpha value is -1.83. The van der Waals surface area contributed by atoms with Gasteiger partial charge in [-0.2, -0.15) is 0 Å². The van der Waals surface area contributed by atoms with Crippen molar-refractivity contribution in [3.8, 4) is 11.3 Å². The van der Waals surface area contributed by atoms with Crippen molar-refractivity contribution in [3.63, 3.8) is 0 Å². The summed E-state index contributed by atoms with van der Waals surface area (Å²) in [7, 11) is 0. The lowest BCUT2D eigenvalue weighted by atomic mass is 9.84. The van der Waals surface area contributed by atoms with Crippen LogP contribution in [0.25, 0.3) is 11.3 Å². The van der Waals surface area contributed by atoms with E-state index in [9.17, 15) is 4.79 Å². The molecule has 0 unspecified atom stereocenters. The molecular weight excluding hydrogens is 234 g/mol. The molecule has 2 nitrogen and oxygen atoms in total. The third kappa shape index (κ3) is 2.62. The van der Waals surface area contributed by atoms with Crippen molar-refractivity contribution in [1.29, 1.82) is 0 Å². The van der Waals surface area contributed by atoms with E-state index in [1.165, 1.54) is 37.7 Å². The molecule has 1 aliphatic carbocycles. The zero-order valence-electron chi connectivity index (χ0n) is 11.1. The lowest BCUT2D eigenvalue weighted by molar-refractivity contribution is 0.112. The van der Waals surface area contributed by atoms with E-state index < -0.39 is 0 Å². The molecular formula is C17H19NO. The minimum atomic E-state index is 0.700. The average molecular weight is 253 g/mol. The molecule has 1 fully saturated rings. The number of carbonyl (C=O) groups is 1. The predicted molar refractivity (Wildman–Crippen MR) is 77.4 cm³/mol. The number of aromatic nitrogens is 1. The summed E-state index contributed by atoms with van der Waals surface area (Å²) in [5, 5.41) is 0. The van der Waals surface area contributed by atoms with Gasteiger partial charge in [0.15, 0.2) is 6.29 Å². The Morgan fingerprint density at radius 2 is 1.79 bits per heavy atom. The normalized spacial score (nSPS) is 16.4. The molecule has 1 saturated carbocycles.